The lowest BCUT2D eigenvalue weighted by molar-refractivity contribution is 0.102. The molecule has 0 aromatic heterocycles. The highest BCUT2D eigenvalue weighted by Gasteiger charge is 2.00. The minimum atomic E-state index is 0.153. The summed E-state index contributed by atoms with van der Waals surface area (Å²) >= 11 is 0. The fourth-order valence-electron chi connectivity index (χ4n) is 0.827. The van der Waals surface area contributed by atoms with E-state index in [0.717, 1.165) is 18.4 Å². The average Bonchev–Trinajstić information content (AvgIpc) is 2.06. The molecule has 1 atom stereocenters. The smallest absolute Gasteiger partial charge is 0.0639 e. The van der Waals surface area contributed by atoms with Gasteiger partial charge in [0.05, 0.1) is 12.7 Å². The molecule has 0 fully saturated rings. The highest BCUT2D eigenvalue weighted by atomic mass is 16.5. The van der Waals surface area contributed by atoms with E-state index in [-0.39, 0.29) is 6.61 Å². The molecule has 2 nitrogen and oxygen atoms in total. The van der Waals surface area contributed by atoms with Crippen LogP contribution in [-0.2, 0) is 4.74 Å². The van der Waals surface area contributed by atoms with E-state index in [2.05, 4.69) is 6.92 Å². The molecular formula is C9H18O2. The molecule has 2 heteroatoms. The summed E-state index contributed by atoms with van der Waals surface area (Å²) in [5.41, 5.74) is 1.01. The van der Waals surface area contributed by atoms with Crippen LogP contribution in [0.3, 0.4) is 0 Å². The van der Waals surface area contributed by atoms with Gasteiger partial charge in [0.1, 0.15) is 0 Å². The molecule has 0 saturated heterocycles. The second-order valence-corrected chi connectivity index (χ2v) is 2.71. The lowest BCUT2D eigenvalue weighted by Gasteiger charge is -2.09. The van der Waals surface area contributed by atoms with Crippen molar-refractivity contribution in [3.8, 4) is 0 Å². The average molecular weight is 158 g/mol. The Kier molecular flexibility index (Phi) is 6.18. The SMILES string of the molecule is CCC(CC=C(C)CO)OC. The van der Waals surface area contributed by atoms with Crippen LogP contribution in [0.1, 0.15) is 26.7 Å². The van der Waals surface area contributed by atoms with Gasteiger partial charge in [0.15, 0.2) is 0 Å². The topological polar surface area (TPSA) is 29.5 Å². The summed E-state index contributed by atoms with van der Waals surface area (Å²) in [6, 6.07) is 0. The number of hydrogen-bond donors (Lipinski definition) is 1. The molecule has 0 aliphatic rings. The third-order valence-electron chi connectivity index (χ3n) is 1.77. The van der Waals surface area contributed by atoms with E-state index in [1.807, 2.05) is 13.0 Å². The summed E-state index contributed by atoms with van der Waals surface area (Å²) in [5, 5.41) is 8.68. The molecule has 0 spiro atoms. The van der Waals surface area contributed by atoms with Gasteiger partial charge in [-0.2, -0.15) is 0 Å². The van der Waals surface area contributed by atoms with Crippen LogP contribution in [0.4, 0.5) is 0 Å². The van der Waals surface area contributed by atoms with Crippen molar-refractivity contribution >= 4 is 0 Å². The zero-order chi connectivity index (χ0) is 8.69. The zero-order valence-electron chi connectivity index (χ0n) is 7.63. The molecule has 0 saturated carbocycles. The van der Waals surface area contributed by atoms with Gasteiger partial charge in [0, 0.05) is 7.11 Å². The summed E-state index contributed by atoms with van der Waals surface area (Å²) < 4.78 is 5.17. The van der Waals surface area contributed by atoms with Crippen molar-refractivity contribution in [2.45, 2.75) is 32.8 Å². The minimum absolute atomic E-state index is 0.153. The van der Waals surface area contributed by atoms with E-state index in [0.29, 0.717) is 6.10 Å². The Hall–Kier alpha value is -0.340. The van der Waals surface area contributed by atoms with Crippen molar-refractivity contribution in [2.75, 3.05) is 13.7 Å². The zero-order valence-corrected chi connectivity index (χ0v) is 7.63. The maximum absolute atomic E-state index is 8.68. The van der Waals surface area contributed by atoms with Gasteiger partial charge < -0.3 is 9.84 Å². The number of ether oxygens (including phenoxy) is 1. The number of aliphatic hydroxyl groups is 1. The molecule has 0 amide bonds. The molecule has 0 aliphatic carbocycles. The van der Waals surface area contributed by atoms with Gasteiger partial charge in [0.25, 0.3) is 0 Å². The van der Waals surface area contributed by atoms with Crippen LogP contribution in [0.2, 0.25) is 0 Å². The number of rotatable bonds is 5. The van der Waals surface area contributed by atoms with Gasteiger partial charge in [-0.1, -0.05) is 18.6 Å². The van der Waals surface area contributed by atoms with Crippen molar-refractivity contribution in [3.05, 3.63) is 11.6 Å². The first-order chi connectivity index (χ1) is 5.24. The van der Waals surface area contributed by atoms with E-state index in [4.69, 9.17) is 9.84 Å². The minimum Gasteiger partial charge on any atom is -0.392 e. The Morgan fingerprint density at radius 1 is 1.64 bits per heavy atom. The first kappa shape index (κ1) is 10.7. The molecule has 1 unspecified atom stereocenters. The Morgan fingerprint density at radius 2 is 2.27 bits per heavy atom. The second kappa shape index (κ2) is 6.38. The van der Waals surface area contributed by atoms with E-state index < -0.39 is 0 Å². The lowest BCUT2D eigenvalue weighted by atomic mass is 10.1. The third-order valence-corrected chi connectivity index (χ3v) is 1.77. The van der Waals surface area contributed by atoms with Crippen molar-refractivity contribution in [3.63, 3.8) is 0 Å². The molecule has 0 aromatic carbocycles. The fraction of sp³-hybridized carbons (Fsp3) is 0.778. The summed E-state index contributed by atoms with van der Waals surface area (Å²) in [6.07, 6.45) is 4.25. The Morgan fingerprint density at radius 3 is 2.64 bits per heavy atom. The summed E-state index contributed by atoms with van der Waals surface area (Å²) in [6.45, 7) is 4.17. The normalized spacial score (nSPS) is 15.1. The molecule has 0 heterocycles. The maximum Gasteiger partial charge on any atom is 0.0639 e. The first-order valence-electron chi connectivity index (χ1n) is 4.03. The summed E-state index contributed by atoms with van der Waals surface area (Å²) in [7, 11) is 1.72. The monoisotopic (exact) mass is 158 g/mol. The molecule has 0 aromatic rings. The van der Waals surface area contributed by atoms with Crippen LogP contribution in [0, 0.1) is 0 Å². The van der Waals surface area contributed by atoms with Gasteiger partial charge in [-0.15, -0.1) is 0 Å². The molecule has 0 radical (unpaired) electrons. The quantitative estimate of drug-likeness (QED) is 0.617. The van der Waals surface area contributed by atoms with Crippen LogP contribution in [0.5, 0.6) is 0 Å². The van der Waals surface area contributed by atoms with Crippen molar-refractivity contribution in [1.29, 1.82) is 0 Å². The van der Waals surface area contributed by atoms with Gasteiger partial charge in [0.2, 0.25) is 0 Å². The van der Waals surface area contributed by atoms with E-state index in [9.17, 15) is 0 Å². The Balaban J connectivity index is 3.65. The molecule has 0 bridgehead atoms. The predicted molar refractivity (Wildman–Crippen MR) is 46.5 cm³/mol. The van der Waals surface area contributed by atoms with E-state index >= 15 is 0 Å². The summed E-state index contributed by atoms with van der Waals surface area (Å²) in [5.74, 6) is 0. The van der Waals surface area contributed by atoms with Crippen LogP contribution in [-0.4, -0.2) is 24.9 Å². The lowest BCUT2D eigenvalue weighted by Crippen LogP contribution is -2.07. The highest BCUT2D eigenvalue weighted by Crippen LogP contribution is 2.04. The van der Waals surface area contributed by atoms with E-state index in [1.54, 1.807) is 7.11 Å². The van der Waals surface area contributed by atoms with Gasteiger partial charge in [-0.3, -0.25) is 0 Å². The molecule has 1 N–H and O–H groups in total. The molecule has 0 aliphatic heterocycles. The molecular weight excluding hydrogens is 140 g/mol. The first-order valence-corrected chi connectivity index (χ1v) is 4.03. The Labute approximate surface area is 68.9 Å². The van der Waals surface area contributed by atoms with Crippen LogP contribution in [0.25, 0.3) is 0 Å². The molecule has 11 heavy (non-hydrogen) atoms. The standard InChI is InChI=1S/C9H18O2/c1-4-9(11-3)6-5-8(2)7-10/h5,9-10H,4,6-7H2,1-3H3. The van der Waals surface area contributed by atoms with Crippen LogP contribution in [0.15, 0.2) is 11.6 Å². The largest absolute Gasteiger partial charge is 0.392 e. The third kappa shape index (κ3) is 4.99. The molecule has 0 rings (SSSR count). The summed E-state index contributed by atoms with van der Waals surface area (Å²) in [4.78, 5) is 0. The van der Waals surface area contributed by atoms with Crippen molar-refractivity contribution in [1.82, 2.24) is 0 Å². The Bertz CT molecular complexity index is 115. The van der Waals surface area contributed by atoms with Gasteiger partial charge in [-0.25, -0.2) is 0 Å². The van der Waals surface area contributed by atoms with Gasteiger partial charge >= 0.3 is 0 Å². The fourth-order valence-corrected chi connectivity index (χ4v) is 0.827. The second-order valence-electron chi connectivity index (χ2n) is 2.71. The van der Waals surface area contributed by atoms with Crippen molar-refractivity contribution in [2.24, 2.45) is 0 Å². The predicted octanol–water partition coefficient (Wildman–Crippen LogP) is 1.74. The van der Waals surface area contributed by atoms with Gasteiger partial charge in [-0.05, 0) is 19.8 Å². The maximum atomic E-state index is 8.68. The van der Waals surface area contributed by atoms with Crippen LogP contribution < -0.4 is 0 Å². The van der Waals surface area contributed by atoms with E-state index in [1.165, 1.54) is 0 Å². The van der Waals surface area contributed by atoms with Crippen molar-refractivity contribution < 1.29 is 9.84 Å². The number of aliphatic hydroxyl groups excluding tert-OH is 1. The number of hydrogen-bond acceptors (Lipinski definition) is 2. The highest BCUT2D eigenvalue weighted by molar-refractivity contribution is 4.98. The number of methoxy groups -OCH3 is 1. The van der Waals surface area contributed by atoms with Crippen LogP contribution >= 0.6 is 0 Å². The molecule has 66 valence electrons.